The largest absolute Gasteiger partial charge is 0.486 e. The number of nitrogens with one attached hydrogen (secondary N) is 1. The fraction of sp³-hybridized carbons (Fsp3) is 0.0800. The summed E-state index contributed by atoms with van der Waals surface area (Å²) in [5, 5.41) is 21.5. The van der Waals surface area contributed by atoms with E-state index in [9.17, 15) is 15.3 Å². The number of halogens is 2. The molecular weight excluding hydrogens is 534 g/mol. The zero-order valence-corrected chi connectivity index (χ0v) is 20.2. The highest BCUT2D eigenvalue weighted by atomic mass is 79.9. The van der Waals surface area contributed by atoms with E-state index in [0.29, 0.717) is 31.5 Å². The Morgan fingerprint density at radius 1 is 1.06 bits per heavy atom. The van der Waals surface area contributed by atoms with Gasteiger partial charge in [-0.3, -0.25) is 4.79 Å². The van der Waals surface area contributed by atoms with E-state index in [4.69, 9.17) is 4.74 Å². The van der Waals surface area contributed by atoms with Gasteiger partial charge in [0.25, 0.3) is 5.91 Å². The molecule has 3 rings (SSSR count). The number of amides is 1. The number of benzene rings is 3. The number of para-hydroxylation sites is 1. The van der Waals surface area contributed by atoms with Crippen molar-refractivity contribution in [2.75, 3.05) is 5.32 Å². The Labute approximate surface area is 203 Å². The summed E-state index contributed by atoms with van der Waals surface area (Å²) >= 11 is 6.97. The van der Waals surface area contributed by atoms with Gasteiger partial charge in [-0.25, -0.2) is 0 Å². The van der Waals surface area contributed by atoms with Crippen molar-refractivity contribution in [1.82, 2.24) is 0 Å². The van der Waals surface area contributed by atoms with E-state index in [-0.39, 0.29) is 12.2 Å². The molecule has 0 fully saturated rings. The molecule has 0 aromatic heterocycles. The van der Waals surface area contributed by atoms with Gasteiger partial charge < -0.3 is 10.1 Å². The molecule has 7 heteroatoms. The van der Waals surface area contributed by atoms with Crippen LogP contribution in [0.25, 0.3) is 6.08 Å². The van der Waals surface area contributed by atoms with Crippen molar-refractivity contribution < 1.29 is 9.53 Å². The van der Waals surface area contributed by atoms with Crippen LogP contribution in [0.5, 0.6) is 5.75 Å². The first-order valence-corrected chi connectivity index (χ1v) is 11.1. The van der Waals surface area contributed by atoms with Crippen molar-refractivity contribution in [2.24, 2.45) is 0 Å². The van der Waals surface area contributed by atoms with Crippen molar-refractivity contribution >= 4 is 49.5 Å². The van der Waals surface area contributed by atoms with Gasteiger partial charge in [0.05, 0.1) is 20.6 Å². The van der Waals surface area contributed by atoms with Gasteiger partial charge in [0.2, 0.25) is 0 Å². The fourth-order valence-corrected chi connectivity index (χ4v) is 4.37. The third-order valence-electron chi connectivity index (χ3n) is 4.60. The Morgan fingerprint density at radius 2 is 1.72 bits per heavy atom. The molecule has 0 spiro atoms. The molecule has 158 valence electrons. The maximum Gasteiger partial charge on any atom is 0.266 e. The molecule has 0 atom stereocenters. The summed E-state index contributed by atoms with van der Waals surface area (Å²) in [4.78, 5) is 12.6. The maximum atomic E-state index is 12.6. The summed E-state index contributed by atoms with van der Waals surface area (Å²) in [6, 6.07) is 22.2. The van der Waals surface area contributed by atoms with E-state index in [1.54, 1.807) is 30.3 Å². The molecule has 5 nitrogen and oxygen atoms in total. The lowest BCUT2D eigenvalue weighted by Crippen LogP contribution is -2.14. The standard InChI is InChI=1S/C25H17Br2N3O2/c1-16-6-2-5-9-23(16)30-25(31)20(14-29)10-17-11-21(26)24(22(27)12-17)32-15-19-8-4-3-7-18(19)13-28/h2-12H,15H2,1H3,(H,30,31)/b20-10-. The monoisotopic (exact) mass is 549 g/mol. The van der Waals surface area contributed by atoms with Gasteiger partial charge in [-0.15, -0.1) is 0 Å². The minimum atomic E-state index is -0.484. The van der Waals surface area contributed by atoms with Gasteiger partial charge in [-0.2, -0.15) is 10.5 Å². The molecule has 0 radical (unpaired) electrons. The number of hydrogen-bond acceptors (Lipinski definition) is 4. The van der Waals surface area contributed by atoms with Gasteiger partial charge in [0.15, 0.2) is 0 Å². The molecule has 3 aromatic rings. The van der Waals surface area contributed by atoms with Crippen LogP contribution in [-0.2, 0) is 11.4 Å². The Bertz CT molecular complexity index is 1260. The summed E-state index contributed by atoms with van der Waals surface area (Å²) in [6.45, 7) is 2.10. The fourth-order valence-electron chi connectivity index (χ4n) is 2.92. The molecule has 32 heavy (non-hydrogen) atoms. The first-order chi connectivity index (χ1) is 15.4. The molecule has 0 heterocycles. The molecule has 0 unspecified atom stereocenters. The number of nitriles is 2. The van der Waals surface area contributed by atoms with E-state index in [1.165, 1.54) is 6.08 Å². The highest BCUT2D eigenvalue weighted by Gasteiger charge is 2.14. The second kappa shape index (κ2) is 10.8. The van der Waals surface area contributed by atoms with Crippen LogP contribution in [0, 0.1) is 29.6 Å². The molecule has 0 aliphatic rings. The lowest BCUT2D eigenvalue weighted by atomic mass is 10.1. The van der Waals surface area contributed by atoms with Crippen LogP contribution >= 0.6 is 31.9 Å². The number of carbonyl (C=O) groups excluding carboxylic acids is 1. The van der Waals surface area contributed by atoms with Gasteiger partial charge in [0.1, 0.15) is 24.0 Å². The van der Waals surface area contributed by atoms with Crippen LogP contribution in [0.1, 0.15) is 22.3 Å². The first-order valence-electron chi connectivity index (χ1n) is 9.51. The third kappa shape index (κ3) is 5.64. The molecule has 1 amide bonds. The second-order valence-electron chi connectivity index (χ2n) is 6.81. The number of rotatable bonds is 6. The van der Waals surface area contributed by atoms with Gasteiger partial charge >= 0.3 is 0 Å². The first kappa shape index (κ1) is 23.3. The number of ether oxygens (including phenoxy) is 1. The van der Waals surface area contributed by atoms with E-state index >= 15 is 0 Å². The van der Waals surface area contributed by atoms with Gasteiger partial charge in [-0.05, 0) is 80.3 Å². The summed E-state index contributed by atoms with van der Waals surface area (Å²) in [5.41, 5.74) is 3.51. The summed E-state index contributed by atoms with van der Waals surface area (Å²) in [7, 11) is 0. The minimum Gasteiger partial charge on any atom is -0.486 e. The number of hydrogen-bond donors (Lipinski definition) is 1. The zero-order valence-electron chi connectivity index (χ0n) is 17.0. The Morgan fingerprint density at radius 3 is 2.38 bits per heavy atom. The average molecular weight is 551 g/mol. The van der Waals surface area contributed by atoms with Crippen molar-refractivity contribution in [3.05, 3.63) is 97.4 Å². The normalized spacial score (nSPS) is 10.7. The molecular formula is C25H17Br2N3O2. The average Bonchev–Trinajstić information content (AvgIpc) is 2.78. The van der Waals surface area contributed by atoms with Crippen molar-refractivity contribution in [3.63, 3.8) is 0 Å². The second-order valence-corrected chi connectivity index (χ2v) is 8.52. The molecule has 0 saturated heterocycles. The lowest BCUT2D eigenvalue weighted by molar-refractivity contribution is -0.112. The SMILES string of the molecule is Cc1ccccc1NC(=O)/C(C#N)=C\c1cc(Br)c(OCc2ccccc2C#N)c(Br)c1. The molecule has 1 N–H and O–H groups in total. The Balaban J connectivity index is 1.80. The minimum absolute atomic E-state index is 0.0244. The van der Waals surface area contributed by atoms with Crippen LogP contribution in [0.4, 0.5) is 5.69 Å². The summed E-state index contributed by atoms with van der Waals surface area (Å²) in [6.07, 6.45) is 1.51. The molecule has 3 aromatic carbocycles. The van der Waals surface area contributed by atoms with Crippen LogP contribution < -0.4 is 10.1 Å². The summed E-state index contributed by atoms with van der Waals surface area (Å²) in [5.74, 6) is 0.0697. The van der Waals surface area contributed by atoms with E-state index in [1.807, 2.05) is 43.3 Å². The van der Waals surface area contributed by atoms with Crippen LogP contribution in [0.2, 0.25) is 0 Å². The summed E-state index contributed by atoms with van der Waals surface area (Å²) < 4.78 is 7.20. The van der Waals surface area contributed by atoms with Crippen molar-refractivity contribution in [3.8, 4) is 17.9 Å². The zero-order chi connectivity index (χ0) is 23.1. The Kier molecular flexibility index (Phi) is 7.83. The van der Waals surface area contributed by atoms with Crippen LogP contribution in [0.3, 0.4) is 0 Å². The van der Waals surface area contributed by atoms with Gasteiger partial charge in [-0.1, -0.05) is 36.4 Å². The van der Waals surface area contributed by atoms with Crippen molar-refractivity contribution in [2.45, 2.75) is 13.5 Å². The lowest BCUT2D eigenvalue weighted by Gasteiger charge is -2.12. The predicted molar refractivity (Wildman–Crippen MR) is 131 cm³/mol. The molecule has 0 saturated carbocycles. The third-order valence-corrected chi connectivity index (χ3v) is 5.78. The highest BCUT2D eigenvalue weighted by molar-refractivity contribution is 9.11. The van der Waals surface area contributed by atoms with Crippen LogP contribution in [0.15, 0.2) is 75.2 Å². The number of anilines is 1. The molecule has 0 aliphatic carbocycles. The smallest absolute Gasteiger partial charge is 0.266 e. The topological polar surface area (TPSA) is 85.9 Å². The van der Waals surface area contributed by atoms with Crippen LogP contribution in [-0.4, -0.2) is 5.91 Å². The number of aryl methyl sites for hydroxylation is 1. The van der Waals surface area contributed by atoms with E-state index in [0.717, 1.165) is 11.1 Å². The highest BCUT2D eigenvalue weighted by Crippen LogP contribution is 2.36. The Hall–Kier alpha value is -3.39. The number of nitrogens with zero attached hydrogens (tertiary/aromatic N) is 2. The van der Waals surface area contributed by atoms with Gasteiger partial charge in [0, 0.05) is 11.3 Å². The molecule has 0 aliphatic heterocycles. The molecule has 0 bridgehead atoms. The number of carbonyl (C=O) groups is 1. The maximum absolute atomic E-state index is 12.6. The quantitative estimate of drug-likeness (QED) is 0.280. The predicted octanol–water partition coefficient (Wildman–Crippen LogP) is 6.52. The van der Waals surface area contributed by atoms with E-state index in [2.05, 4.69) is 43.2 Å². The van der Waals surface area contributed by atoms with Crippen molar-refractivity contribution in [1.29, 1.82) is 10.5 Å². The van der Waals surface area contributed by atoms with E-state index < -0.39 is 5.91 Å².